The van der Waals surface area contributed by atoms with Crippen LogP contribution in [0.5, 0.6) is 0 Å². The van der Waals surface area contributed by atoms with Gasteiger partial charge in [0.25, 0.3) is 0 Å². The summed E-state index contributed by atoms with van der Waals surface area (Å²) in [6, 6.07) is 5.23. The lowest BCUT2D eigenvalue weighted by atomic mass is 9.85. The van der Waals surface area contributed by atoms with E-state index in [2.05, 4.69) is 5.32 Å². The van der Waals surface area contributed by atoms with Gasteiger partial charge in [-0.1, -0.05) is 32.1 Å². The van der Waals surface area contributed by atoms with Crippen LogP contribution in [0.25, 0.3) is 0 Å². The third-order valence-electron chi connectivity index (χ3n) is 3.78. The molecule has 1 aliphatic rings. The van der Waals surface area contributed by atoms with Gasteiger partial charge in [0, 0.05) is 5.69 Å². The molecule has 2 N–H and O–H groups in total. The monoisotopic (exact) mass is 265 g/mol. The maximum absolute atomic E-state index is 12.8. The fourth-order valence-corrected chi connectivity index (χ4v) is 2.72. The highest BCUT2D eigenvalue weighted by Gasteiger charge is 2.23. The molecule has 19 heavy (non-hydrogen) atoms. The Balaban J connectivity index is 1.95. The summed E-state index contributed by atoms with van der Waals surface area (Å²) in [5, 5.41) is 12.3. The molecule has 1 atom stereocenters. The number of carbonyl (C=O) groups is 1. The minimum Gasteiger partial charge on any atom is -0.480 e. The van der Waals surface area contributed by atoms with Crippen LogP contribution in [0.4, 0.5) is 10.1 Å². The van der Waals surface area contributed by atoms with Gasteiger partial charge in [-0.2, -0.15) is 0 Å². The lowest BCUT2D eigenvalue weighted by Gasteiger charge is -2.25. The Hall–Kier alpha value is -1.58. The fourth-order valence-electron chi connectivity index (χ4n) is 2.72. The Morgan fingerprint density at radius 2 is 1.89 bits per heavy atom. The van der Waals surface area contributed by atoms with Crippen LogP contribution in [0.1, 0.15) is 38.5 Å². The van der Waals surface area contributed by atoms with Gasteiger partial charge in [0.15, 0.2) is 0 Å². The smallest absolute Gasteiger partial charge is 0.326 e. The van der Waals surface area contributed by atoms with E-state index in [0.717, 1.165) is 12.8 Å². The third-order valence-corrected chi connectivity index (χ3v) is 3.78. The molecule has 0 spiro atoms. The van der Waals surface area contributed by atoms with E-state index in [-0.39, 0.29) is 5.82 Å². The molecule has 3 nitrogen and oxygen atoms in total. The summed E-state index contributed by atoms with van der Waals surface area (Å²) in [6.07, 6.45) is 6.55. The number of hydrogen-bond acceptors (Lipinski definition) is 2. The van der Waals surface area contributed by atoms with Crippen molar-refractivity contribution in [3.63, 3.8) is 0 Å². The molecule has 1 unspecified atom stereocenters. The fraction of sp³-hybridized carbons (Fsp3) is 0.533. The van der Waals surface area contributed by atoms with Crippen molar-refractivity contribution in [3.05, 3.63) is 30.1 Å². The van der Waals surface area contributed by atoms with Crippen LogP contribution >= 0.6 is 0 Å². The van der Waals surface area contributed by atoms with Crippen molar-refractivity contribution in [3.8, 4) is 0 Å². The predicted octanol–water partition coefficient (Wildman–Crippen LogP) is 3.66. The average molecular weight is 265 g/mol. The van der Waals surface area contributed by atoms with Crippen LogP contribution in [0.2, 0.25) is 0 Å². The number of halogens is 1. The van der Waals surface area contributed by atoms with E-state index in [4.69, 9.17) is 0 Å². The van der Waals surface area contributed by atoms with Crippen molar-refractivity contribution in [1.82, 2.24) is 0 Å². The van der Waals surface area contributed by atoms with Gasteiger partial charge in [0.05, 0.1) is 0 Å². The van der Waals surface area contributed by atoms with Gasteiger partial charge in [-0.05, 0) is 36.6 Å². The topological polar surface area (TPSA) is 49.3 Å². The molecular formula is C15H20FNO2. The standard InChI is InChI=1S/C15H20FNO2/c16-12-6-8-13(9-7-12)17-14(15(18)19)10-11-4-2-1-3-5-11/h6-9,11,14,17H,1-5,10H2,(H,18,19). The van der Waals surface area contributed by atoms with Crippen molar-refractivity contribution in [2.75, 3.05) is 5.32 Å². The lowest BCUT2D eigenvalue weighted by Crippen LogP contribution is -2.32. The minimum atomic E-state index is -0.838. The Bertz CT molecular complexity index is 413. The first kappa shape index (κ1) is 13.8. The zero-order chi connectivity index (χ0) is 13.7. The summed E-state index contributed by atoms with van der Waals surface area (Å²) in [5.74, 6) is -0.664. The third kappa shape index (κ3) is 4.23. The number of benzene rings is 1. The highest BCUT2D eigenvalue weighted by molar-refractivity contribution is 5.77. The Morgan fingerprint density at radius 1 is 1.26 bits per heavy atom. The summed E-state index contributed by atoms with van der Waals surface area (Å²) in [4.78, 5) is 11.3. The first-order valence-corrected chi connectivity index (χ1v) is 6.90. The molecule has 2 rings (SSSR count). The summed E-state index contributed by atoms with van der Waals surface area (Å²) in [5.41, 5.74) is 0.657. The zero-order valence-electron chi connectivity index (χ0n) is 10.9. The van der Waals surface area contributed by atoms with Crippen LogP contribution in [0, 0.1) is 11.7 Å². The number of aliphatic carboxylic acids is 1. The Kier molecular flexibility index (Phi) is 4.77. The molecule has 1 aromatic rings. The number of carboxylic acids is 1. The van der Waals surface area contributed by atoms with Crippen LogP contribution < -0.4 is 5.32 Å². The van der Waals surface area contributed by atoms with Gasteiger partial charge in [-0.15, -0.1) is 0 Å². The highest BCUT2D eigenvalue weighted by Crippen LogP contribution is 2.28. The van der Waals surface area contributed by atoms with Gasteiger partial charge in [0.1, 0.15) is 11.9 Å². The normalized spacial score (nSPS) is 17.9. The second-order valence-electron chi connectivity index (χ2n) is 5.28. The second-order valence-corrected chi connectivity index (χ2v) is 5.28. The second kappa shape index (κ2) is 6.55. The molecule has 104 valence electrons. The van der Waals surface area contributed by atoms with Crippen molar-refractivity contribution in [2.45, 2.75) is 44.6 Å². The number of nitrogens with one attached hydrogen (secondary N) is 1. The van der Waals surface area contributed by atoms with E-state index in [1.165, 1.54) is 31.4 Å². The first-order chi connectivity index (χ1) is 9.15. The van der Waals surface area contributed by atoms with E-state index in [0.29, 0.717) is 18.0 Å². The SMILES string of the molecule is O=C(O)C(CC1CCCCC1)Nc1ccc(F)cc1. The Morgan fingerprint density at radius 3 is 2.47 bits per heavy atom. The summed E-state index contributed by atoms with van der Waals surface area (Å²) in [7, 11) is 0. The molecule has 0 amide bonds. The van der Waals surface area contributed by atoms with Crippen LogP contribution in [-0.2, 0) is 4.79 Å². The molecule has 1 aliphatic carbocycles. The van der Waals surface area contributed by atoms with Crippen molar-refractivity contribution in [1.29, 1.82) is 0 Å². The van der Waals surface area contributed by atoms with Gasteiger partial charge in [-0.25, -0.2) is 9.18 Å². The minimum absolute atomic E-state index is 0.315. The van der Waals surface area contributed by atoms with Crippen molar-refractivity contribution < 1.29 is 14.3 Å². The Labute approximate surface area is 112 Å². The van der Waals surface area contributed by atoms with E-state index in [1.54, 1.807) is 12.1 Å². The van der Waals surface area contributed by atoms with Gasteiger partial charge in [0.2, 0.25) is 0 Å². The number of carboxylic acid groups (broad SMARTS) is 1. The maximum atomic E-state index is 12.8. The lowest BCUT2D eigenvalue weighted by molar-refractivity contribution is -0.138. The summed E-state index contributed by atoms with van der Waals surface area (Å²) in [6.45, 7) is 0. The van der Waals surface area contributed by atoms with Crippen molar-refractivity contribution >= 4 is 11.7 Å². The van der Waals surface area contributed by atoms with E-state index < -0.39 is 12.0 Å². The highest BCUT2D eigenvalue weighted by atomic mass is 19.1. The molecule has 1 fully saturated rings. The molecular weight excluding hydrogens is 245 g/mol. The quantitative estimate of drug-likeness (QED) is 0.854. The van der Waals surface area contributed by atoms with Gasteiger partial charge >= 0.3 is 5.97 Å². The molecule has 1 saturated carbocycles. The van der Waals surface area contributed by atoms with E-state index in [9.17, 15) is 14.3 Å². The van der Waals surface area contributed by atoms with Gasteiger partial charge < -0.3 is 10.4 Å². The van der Waals surface area contributed by atoms with Gasteiger partial charge in [-0.3, -0.25) is 0 Å². The average Bonchev–Trinajstić information content (AvgIpc) is 2.41. The number of rotatable bonds is 5. The molecule has 4 heteroatoms. The zero-order valence-corrected chi connectivity index (χ0v) is 10.9. The number of hydrogen-bond donors (Lipinski definition) is 2. The molecule has 0 radical (unpaired) electrons. The van der Waals surface area contributed by atoms with Crippen LogP contribution in [0.15, 0.2) is 24.3 Å². The molecule has 0 bridgehead atoms. The summed E-state index contributed by atoms with van der Waals surface area (Å²) >= 11 is 0. The number of anilines is 1. The molecule has 0 aromatic heterocycles. The summed E-state index contributed by atoms with van der Waals surface area (Å²) < 4.78 is 12.8. The molecule has 0 heterocycles. The maximum Gasteiger partial charge on any atom is 0.326 e. The predicted molar refractivity (Wildman–Crippen MR) is 72.6 cm³/mol. The van der Waals surface area contributed by atoms with Crippen LogP contribution in [0.3, 0.4) is 0 Å². The molecule has 0 aliphatic heterocycles. The van der Waals surface area contributed by atoms with Crippen molar-refractivity contribution in [2.24, 2.45) is 5.92 Å². The molecule has 1 aromatic carbocycles. The van der Waals surface area contributed by atoms with Crippen LogP contribution in [-0.4, -0.2) is 17.1 Å². The molecule has 0 saturated heterocycles. The van der Waals surface area contributed by atoms with E-state index >= 15 is 0 Å². The van der Waals surface area contributed by atoms with E-state index in [1.807, 2.05) is 0 Å². The largest absolute Gasteiger partial charge is 0.480 e. The first-order valence-electron chi connectivity index (χ1n) is 6.90.